The van der Waals surface area contributed by atoms with E-state index >= 15 is 0 Å². The molecule has 6 nitrogen and oxygen atoms in total. The zero-order chi connectivity index (χ0) is 19.4. The lowest BCUT2D eigenvalue weighted by Gasteiger charge is -2.23. The van der Waals surface area contributed by atoms with Gasteiger partial charge in [-0.25, -0.2) is 4.98 Å². The average Bonchev–Trinajstić information content (AvgIpc) is 3.26. The number of hydrogen-bond acceptors (Lipinski definition) is 7. The van der Waals surface area contributed by atoms with Crippen molar-refractivity contribution in [3.05, 3.63) is 52.0 Å². The molecule has 0 saturated carbocycles. The first kappa shape index (κ1) is 37.6. The van der Waals surface area contributed by atoms with E-state index in [0.717, 1.165) is 69.5 Å². The molecule has 0 spiro atoms. The summed E-state index contributed by atoms with van der Waals surface area (Å²) in [7, 11) is 0. The van der Waals surface area contributed by atoms with Gasteiger partial charge in [0, 0.05) is 44.3 Å². The molecule has 33 heavy (non-hydrogen) atoms. The molecule has 1 aromatic carbocycles. The Kier molecular flexibility index (Phi) is 25.7. The maximum atomic E-state index is 6.33. The molecule has 12 heteroatoms. The first-order valence-electron chi connectivity index (χ1n) is 10.4. The summed E-state index contributed by atoms with van der Waals surface area (Å²) in [4.78, 5) is 6.89. The Morgan fingerprint density at radius 3 is 2.03 bits per heavy atom. The lowest BCUT2D eigenvalue weighted by Crippen LogP contribution is -2.36. The Hall–Kier alpha value is 0.1000. The van der Waals surface area contributed by atoms with Gasteiger partial charge in [-0.2, -0.15) is 0 Å². The highest BCUT2D eigenvalue weighted by atomic mass is 35.5. The molecule has 3 rings (SSSR count). The molecule has 1 unspecified atom stereocenters. The molecule has 1 saturated heterocycles. The molecule has 1 aromatic heterocycles. The molecule has 1 atom stereocenters. The second kappa shape index (κ2) is 22.6. The van der Waals surface area contributed by atoms with Gasteiger partial charge in [0.25, 0.3) is 0 Å². The van der Waals surface area contributed by atoms with E-state index in [2.05, 4.69) is 50.1 Å². The predicted molar refractivity (Wildman–Crippen MR) is 154 cm³/mol. The Morgan fingerprint density at radius 2 is 1.42 bits per heavy atom. The van der Waals surface area contributed by atoms with Gasteiger partial charge in [-0.05, 0) is 50.1 Å². The van der Waals surface area contributed by atoms with Gasteiger partial charge in [0.05, 0.1) is 6.04 Å². The number of thiazole rings is 1. The molecular weight excluding hydrogens is 546 g/mol. The number of nitrogens with one attached hydrogen (secondary N) is 3. The van der Waals surface area contributed by atoms with Crippen LogP contribution in [-0.2, 0) is 6.54 Å². The third-order valence-electron chi connectivity index (χ3n) is 5.08. The normalized spacial score (nSPS) is 16.8. The summed E-state index contributed by atoms with van der Waals surface area (Å²) < 4.78 is 0. The predicted octanol–water partition coefficient (Wildman–Crippen LogP) is 3.66. The van der Waals surface area contributed by atoms with Crippen molar-refractivity contribution >= 4 is 73.4 Å². The third kappa shape index (κ3) is 14.3. The zero-order valence-electron chi connectivity index (χ0n) is 18.7. The van der Waals surface area contributed by atoms with E-state index in [1.54, 1.807) is 11.3 Å². The highest BCUT2D eigenvalue weighted by Gasteiger charge is 2.12. The van der Waals surface area contributed by atoms with Crippen molar-refractivity contribution in [2.24, 2.45) is 5.73 Å². The van der Waals surface area contributed by atoms with E-state index in [4.69, 9.17) is 5.73 Å². The summed E-state index contributed by atoms with van der Waals surface area (Å²) in [6, 6.07) is 8.60. The van der Waals surface area contributed by atoms with E-state index in [1.807, 2.05) is 11.6 Å². The fourth-order valence-corrected chi connectivity index (χ4v) is 4.11. The Labute approximate surface area is 233 Å². The minimum atomic E-state index is -0.131. The minimum Gasteiger partial charge on any atom is -0.318 e. The summed E-state index contributed by atoms with van der Waals surface area (Å²) in [5, 5.41) is 13.5. The van der Waals surface area contributed by atoms with E-state index < -0.39 is 0 Å². The van der Waals surface area contributed by atoms with E-state index in [-0.39, 0.29) is 68.1 Å². The van der Waals surface area contributed by atoms with Gasteiger partial charge in [0.1, 0.15) is 5.01 Å². The van der Waals surface area contributed by atoms with Crippen LogP contribution in [0.25, 0.3) is 0 Å². The fourth-order valence-electron chi connectivity index (χ4n) is 3.44. The van der Waals surface area contributed by atoms with Gasteiger partial charge < -0.3 is 21.7 Å². The summed E-state index contributed by atoms with van der Waals surface area (Å²) in [6.45, 7) is 9.57. The summed E-state index contributed by atoms with van der Waals surface area (Å²) in [5.41, 5.74) is 8.80. The first-order valence-corrected chi connectivity index (χ1v) is 11.3. The van der Waals surface area contributed by atoms with Gasteiger partial charge >= 0.3 is 0 Å². The maximum absolute atomic E-state index is 6.33. The molecule has 194 valence electrons. The van der Waals surface area contributed by atoms with Crippen LogP contribution in [-0.4, -0.2) is 62.2 Å². The smallest absolute Gasteiger partial charge is 0.114 e. The largest absolute Gasteiger partial charge is 0.318 e. The van der Waals surface area contributed by atoms with Crippen molar-refractivity contribution in [1.82, 2.24) is 25.8 Å². The Bertz CT molecular complexity index is 652. The second-order valence-electron chi connectivity index (χ2n) is 7.32. The Balaban J connectivity index is -0.00000180. The molecule has 1 aliphatic heterocycles. The zero-order valence-corrected chi connectivity index (χ0v) is 23.6. The van der Waals surface area contributed by atoms with Crippen molar-refractivity contribution < 1.29 is 0 Å². The van der Waals surface area contributed by atoms with Gasteiger partial charge in [0.2, 0.25) is 0 Å². The van der Waals surface area contributed by atoms with Crippen LogP contribution < -0.4 is 21.7 Å². The lowest BCUT2D eigenvalue weighted by molar-refractivity contribution is 0.260. The molecule has 2 aromatic rings. The van der Waals surface area contributed by atoms with Crippen LogP contribution in [0.1, 0.15) is 35.0 Å². The van der Waals surface area contributed by atoms with Crippen molar-refractivity contribution in [3.63, 3.8) is 0 Å². The van der Waals surface area contributed by atoms with Gasteiger partial charge in [-0.1, -0.05) is 24.3 Å². The molecule has 2 heterocycles. The third-order valence-corrected chi connectivity index (χ3v) is 5.94. The van der Waals surface area contributed by atoms with Crippen LogP contribution in [0, 0.1) is 0 Å². The van der Waals surface area contributed by atoms with Gasteiger partial charge in [0.15, 0.2) is 0 Å². The molecule has 1 aliphatic rings. The molecule has 0 amide bonds. The standard InChI is InChI=1S/C21H34N6S.5ClH/c22-20(21-26-13-16-28-21)19-5-3-18(4-6-19)17-27-14-2-9-24-11-10-23-7-1-8-25-12-15-27;;;;;/h3-6,13,16,20,23-25H,1-2,7-12,14-15,17,22H2;5*1H. The van der Waals surface area contributed by atoms with Crippen LogP contribution in [0.3, 0.4) is 0 Å². The highest BCUT2D eigenvalue weighted by Crippen LogP contribution is 2.22. The topological polar surface area (TPSA) is 78.2 Å². The number of halogens is 5. The Morgan fingerprint density at radius 1 is 0.818 bits per heavy atom. The van der Waals surface area contributed by atoms with Crippen LogP contribution in [0.4, 0.5) is 0 Å². The van der Waals surface area contributed by atoms with Crippen LogP contribution in [0.2, 0.25) is 0 Å². The minimum absolute atomic E-state index is 0. The summed E-state index contributed by atoms with van der Waals surface area (Å²) in [6.07, 6.45) is 4.17. The van der Waals surface area contributed by atoms with Crippen molar-refractivity contribution in [2.75, 3.05) is 52.4 Å². The quantitative estimate of drug-likeness (QED) is 0.440. The monoisotopic (exact) mass is 582 g/mol. The van der Waals surface area contributed by atoms with E-state index in [0.29, 0.717) is 0 Å². The summed E-state index contributed by atoms with van der Waals surface area (Å²) >= 11 is 1.61. The number of aromatic nitrogens is 1. The average molecular weight is 585 g/mol. The van der Waals surface area contributed by atoms with Gasteiger partial charge in [-0.15, -0.1) is 73.4 Å². The van der Waals surface area contributed by atoms with Crippen molar-refractivity contribution in [2.45, 2.75) is 25.4 Å². The number of hydrogen-bond donors (Lipinski definition) is 4. The number of rotatable bonds is 4. The van der Waals surface area contributed by atoms with Crippen LogP contribution >= 0.6 is 73.4 Å². The molecular formula is C21H39Cl5N6S. The van der Waals surface area contributed by atoms with Crippen molar-refractivity contribution in [1.29, 1.82) is 0 Å². The molecule has 0 radical (unpaired) electrons. The second-order valence-corrected chi connectivity index (χ2v) is 8.25. The molecule has 1 fully saturated rings. The number of benzene rings is 1. The van der Waals surface area contributed by atoms with E-state index in [9.17, 15) is 0 Å². The SMILES string of the molecule is Cl.Cl.Cl.Cl.Cl.NC(c1ccc(CN2CCCNCCNCCCNCC2)cc1)c1nccs1. The lowest BCUT2D eigenvalue weighted by atomic mass is 10.1. The molecule has 0 aliphatic carbocycles. The fraction of sp³-hybridized carbons (Fsp3) is 0.571. The first-order chi connectivity index (χ1) is 13.8. The summed E-state index contributed by atoms with van der Waals surface area (Å²) in [5.74, 6) is 0. The van der Waals surface area contributed by atoms with Crippen molar-refractivity contribution in [3.8, 4) is 0 Å². The van der Waals surface area contributed by atoms with Crippen LogP contribution in [0.5, 0.6) is 0 Å². The van der Waals surface area contributed by atoms with E-state index in [1.165, 1.54) is 18.4 Å². The van der Waals surface area contributed by atoms with Crippen LogP contribution in [0.15, 0.2) is 35.8 Å². The van der Waals surface area contributed by atoms with Gasteiger partial charge in [-0.3, -0.25) is 4.90 Å². The highest BCUT2D eigenvalue weighted by molar-refractivity contribution is 7.09. The maximum Gasteiger partial charge on any atom is 0.114 e. The number of nitrogens with zero attached hydrogens (tertiary/aromatic N) is 2. The number of nitrogens with two attached hydrogens (primary N) is 1. The molecule has 0 bridgehead atoms. The molecule has 5 N–H and O–H groups in total.